The Labute approximate surface area is 154 Å². The van der Waals surface area contributed by atoms with Gasteiger partial charge in [-0.2, -0.15) is 0 Å². The highest BCUT2D eigenvalue weighted by Crippen LogP contribution is 2.30. The van der Waals surface area contributed by atoms with Gasteiger partial charge in [-0.3, -0.25) is 0 Å². The van der Waals surface area contributed by atoms with Crippen molar-refractivity contribution in [2.24, 2.45) is 0 Å². The van der Waals surface area contributed by atoms with Crippen LogP contribution in [0.25, 0.3) is 0 Å². The topological polar surface area (TPSA) is 36.9 Å². The van der Waals surface area contributed by atoms with Crippen LogP contribution in [0, 0.1) is 0 Å². The van der Waals surface area contributed by atoms with Gasteiger partial charge >= 0.3 is 31.9 Å². The zero-order valence-corrected chi connectivity index (χ0v) is 21.8. The van der Waals surface area contributed by atoms with Gasteiger partial charge in [-0.15, -0.1) is 6.58 Å². The highest BCUT2D eigenvalue weighted by atomic mass is 35.8. The SMILES string of the molecule is C=C[Si](C)(C)O[Si](C)(C)O[Si](C)(C)O[Si](C)(C)O[Si](Cl)(Cl)Cl. The van der Waals surface area contributed by atoms with E-state index in [1.54, 1.807) is 0 Å². The van der Waals surface area contributed by atoms with E-state index in [-0.39, 0.29) is 0 Å². The van der Waals surface area contributed by atoms with E-state index in [0.29, 0.717) is 0 Å². The van der Waals surface area contributed by atoms with Crippen molar-refractivity contribution in [3.8, 4) is 0 Å². The Bertz CT molecular complexity index is 399. The zero-order valence-electron chi connectivity index (χ0n) is 14.6. The molecule has 132 valence electrons. The zero-order chi connectivity index (χ0) is 18.0. The van der Waals surface area contributed by atoms with Crippen LogP contribution in [0.1, 0.15) is 0 Å². The van der Waals surface area contributed by atoms with Crippen molar-refractivity contribution in [2.45, 2.75) is 52.4 Å². The minimum absolute atomic E-state index is 1.86. The Morgan fingerprint density at radius 2 is 0.955 bits per heavy atom. The molecule has 0 aromatic carbocycles. The van der Waals surface area contributed by atoms with Crippen LogP contribution in [0.4, 0.5) is 0 Å². The molecule has 0 unspecified atom stereocenters. The number of halogens is 3. The van der Waals surface area contributed by atoms with Crippen LogP contribution < -0.4 is 0 Å². The molecule has 0 rings (SSSR count). The second-order valence-corrected chi connectivity index (χ2v) is 29.6. The quantitative estimate of drug-likeness (QED) is 0.350. The smallest absolute Gasteiger partial charge is 0.433 e. The molecular weight excluding hydrogens is 431 g/mol. The molecule has 0 fully saturated rings. The Hall–Kier alpha value is 1.53. The molecule has 0 spiro atoms. The maximum Gasteiger partial charge on any atom is 0.485 e. The first-order chi connectivity index (χ1) is 9.39. The Balaban J connectivity index is 4.92. The van der Waals surface area contributed by atoms with Gasteiger partial charge in [0.15, 0.2) is 8.32 Å². The molecule has 4 nitrogen and oxygen atoms in total. The molecule has 12 heteroatoms. The second kappa shape index (κ2) is 7.83. The van der Waals surface area contributed by atoms with Crippen molar-refractivity contribution in [3.05, 3.63) is 12.3 Å². The lowest BCUT2D eigenvalue weighted by molar-refractivity contribution is 0.304. The van der Waals surface area contributed by atoms with Gasteiger partial charge in [0.2, 0.25) is 0 Å². The molecule has 0 aromatic rings. The molecule has 0 saturated heterocycles. The molecule has 0 aliphatic rings. The lowest BCUT2D eigenvalue weighted by Crippen LogP contribution is -2.57. The van der Waals surface area contributed by atoms with Crippen LogP contribution in [-0.2, 0) is 16.5 Å². The minimum Gasteiger partial charge on any atom is -0.433 e. The van der Waals surface area contributed by atoms with E-state index in [4.69, 9.17) is 49.7 Å². The van der Waals surface area contributed by atoms with Crippen molar-refractivity contribution >= 4 is 73.5 Å². The fourth-order valence-corrected chi connectivity index (χ4v) is 25.9. The summed E-state index contributed by atoms with van der Waals surface area (Å²) in [5, 5.41) is 0. The molecule has 0 amide bonds. The Morgan fingerprint density at radius 1 is 0.636 bits per heavy atom. The normalized spacial score (nSPS) is 15.0. The van der Waals surface area contributed by atoms with Gasteiger partial charge in [-0.05, 0) is 52.4 Å². The molecule has 0 aliphatic heterocycles. The van der Waals surface area contributed by atoms with Crippen LogP contribution in [-0.4, -0.2) is 40.2 Å². The fraction of sp³-hybridized carbons (Fsp3) is 0.800. The van der Waals surface area contributed by atoms with E-state index in [1.165, 1.54) is 0 Å². The highest BCUT2D eigenvalue weighted by Gasteiger charge is 2.46. The maximum absolute atomic E-state index is 6.27. The average Bonchev–Trinajstić information content (AvgIpc) is 2.06. The van der Waals surface area contributed by atoms with Crippen LogP contribution in [0.3, 0.4) is 0 Å². The third kappa shape index (κ3) is 11.2. The van der Waals surface area contributed by atoms with Gasteiger partial charge < -0.3 is 16.5 Å². The second-order valence-electron chi connectivity index (χ2n) is 6.86. The third-order valence-corrected chi connectivity index (χ3v) is 20.2. The fourth-order valence-electron chi connectivity index (χ4n) is 2.20. The maximum atomic E-state index is 6.27. The predicted octanol–water partition coefficient (Wildman–Crippen LogP) is 5.24. The van der Waals surface area contributed by atoms with Crippen molar-refractivity contribution in [1.29, 1.82) is 0 Å². The number of hydrogen-bond acceptors (Lipinski definition) is 4. The molecule has 0 bridgehead atoms. The summed E-state index contributed by atoms with van der Waals surface area (Å²) < 4.78 is 24.2. The molecule has 0 N–H and O–H groups in total. The molecular formula is C10H27Cl3O4Si5. The summed E-state index contributed by atoms with van der Waals surface area (Å²) in [6, 6.07) is 0. The van der Waals surface area contributed by atoms with E-state index in [0.717, 1.165) is 0 Å². The minimum atomic E-state index is -3.20. The van der Waals surface area contributed by atoms with E-state index in [9.17, 15) is 0 Å². The molecule has 0 heterocycles. The summed E-state index contributed by atoms with van der Waals surface area (Å²) in [7, 11) is -9.32. The van der Waals surface area contributed by atoms with Gasteiger partial charge in [-0.25, -0.2) is 0 Å². The molecule has 0 radical (unpaired) electrons. The molecule has 0 saturated carbocycles. The van der Waals surface area contributed by atoms with Crippen LogP contribution in [0.2, 0.25) is 52.4 Å². The average molecular weight is 458 g/mol. The lowest BCUT2D eigenvalue weighted by Gasteiger charge is -2.40. The monoisotopic (exact) mass is 456 g/mol. The predicted molar refractivity (Wildman–Crippen MR) is 108 cm³/mol. The summed E-state index contributed by atoms with van der Waals surface area (Å²) >= 11 is 17.5. The van der Waals surface area contributed by atoms with Gasteiger partial charge in [0, 0.05) is 0 Å². The first-order valence-corrected chi connectivity index (χ1v) is 23.3. The Morgan fingerprint density at radius 3 is 1.27 bits per heavy atom. The van der Waals surface area contributed by atoms with E-state index < -0.39 is 40.2 Å². The summed E-state index contributed by atoms with van der Waals surface area (Å²) in [6.45, 7) is 19.7. The lowest BCUT2D eigenvalue weighted by atomic mass is 11.3. The summed E-state index contributed by atoms with van der Waals surface area (Å²) in [5.41, 5.74) is 1.90. The van der Waals surface area contributed by atoms with E-state index in [1.807, 2.05) is 45.0 Å². The standard InChI is InChI=1S/C10H27Cl3O4Si5/c1-10-18(2,3)14-19(4,5)15-20(6,7)16-21(8,9)17-22(11,12)13/h10H,1H2,2-9H3. The van der Waals surface area contributed by atoms with Crippen molar-refractivity contribution in [1.82, 2.24) is 0 Å². The van der Waals surface area contributed by atoms with Crippen molar-refractivity contribution in [3.63, 3.8) is 0 Å². The van der Waals surface area contributed by atoms with Crippen LogP contribution >= 0.6 is 33.2 Å². The number of hydrogen-bond donors (Lipinski definition) is 0. The first-order valence-electron chi connectivity index (χ1n) is 6.90. The molecule has 22 heavy (non-hydrogen) atoms. The Kier molecular flexibility index (Phi) is 8.38. The first kappa shape index (κ1) is 23.5. The van der Waals surface area contributed by atoms with Crippen molar-refractivity contribution < 1.29 is 16.5 Å². The van der Waals surface area contributed by atoms with Gasteiger partial charge in [0.1, 0.15) is 0 Å². The van der Waals surface area contributed by atoms with Gasteiger partial charge in [0.05, 0.1) is 0 Å². The largest absolute Gasteiger partial charge is 0.485 e. The number of rotatable bonds is 9. The summed E-state index contributed by atoms with van der Waals surface area (Å²) in [4.78, 5) is 0. The molecule has 0 aromatic heterocycles. The van der Waals surface area contributed by atoms with Crippen LogP contribution in [0.15, 0.2) is 12.3 Å². The van der Waals surface area contributed by atoms with E-state index in [2.05, 4.69) is 19.7 Å². The summed E-state index contributed by atoms with van der Waals surface area (Å²) in [6.07, 6.45) is -3.20. The van der Waals surface area contributed by atoms with Crippen molar-refractivity contribution in [2.75, 3.05) is 0 Å². The van der Waals surface area contributed by atoms with Gasteiger partial charge in [-0.1, -0.05) is 38.9 Å². The highest BCUT2D eigenvalue weighted by molar-refractivity contribution is 7.62. The van der Waals surface area contributed by atoms with Gasteiger partial charge in [0.25, 0.3) is 0 Å². The molecule has 0 atom stereocenters. The third-order valence-electron chi connectivity index (χ3n) is 2.35. The van der Waals surface area contributed by atoms with E-state index >= 15 is 0 Å². The summed E-state index contributed by atoms with van der Waals surface area (Å²) in [5.74, 6) is 0. The molecule has 0 aliphatic carbocycles. The van der Waals surface area contributed by atoms with Crippen LogP contribution in [0.5, 0.6) is 0 Å².